The van der Waals surface area contributed by atoms with Crippen molar-refractivity contribution in [3.05, 3.63) is 17.5 Å². The molecule has 22 heavy (non-hydrogen) atoms. The van der Waals surface area contributed by atoms with Crippen LogP contribution in [0.5, 0.6) is 0 Å². The smallest absolute Gasteiger partial charge is 0.309 e. The first-order valence-corrected chi connectivity index (χ1v) is 7.57. The molecule has 7 nitrogen and oxygen atoms in total. The summed E-state index contributed by atoms with van der Waals surface area (Å²) in [6.07, 6.45) is 2.66. The SMILES string of the molecule is Cc1c([C@@H]2[C@@H](C(=O)O)CC(=O)N2CC2CCOC2)cnn1C. The van der Waals surface area contributed by atoms with Crippen LogP contribution in [-0.4, -0.2) is 51.4 Å². The standard InChI is InChI=1S/C15H21N3O4/c1-9-12(6-16-17(9)2)14-11(15(20)21)5-13(19)18(14)7-10-3-4-22-8-10/h6,10-11,14H,3-5,7-8H2,1-2H3,(H,20,21)/t10?,11-,14-/m0/s1. The van der Waals surface area contributed by atoms with Crippen LogP contribution >= 0.6 is 0 Å². The summed E-state index contributed by atoms with van der Waals surface area (Å²) < 4.78 is 7.09. The molecule has 0 radical (unpaired) electrons. The van der Waals surface area contributed by atoms with Gasteiger partial charge in [0.1, 0.15) is 0 Å². The molecule has 3 atom stereocenters. The summed E-state index contributed by atoms with van der Waals surface area (Å²) in [4.78, 5) is 25.7. The Bertz CT molecular complexity index is 592. The number of aliphatic carboxylic acids is 1. The molecule has 7 heteroatoms. The van der Waals surface area contributed by atoms with Crippen molar-refractivity contribution in [3.63, 3.8) is 0 Å². The van der Waals surface area contributed by atoms with E-state index in [0.717, 1.165) is 17.7 Å². The van der Waals surface area contributed by atoms with Crippen molar-refractivity contribution < 1.29 is 19.4 Å². The van der Waals surface area contributed by atoms with Crippen molar-refractivity contribution in [2.45, 2.75) is 25.8 Å². The fourth-order valence-electron chi connectivity index (χ4n) is 3.42. The summed E-state index contributed by atoms with van der Waals surface area (Å²) in [5, 5.41) is 13.7. The Balaban J connectivity index is 1.92. The van der Waals surface area contributed by atoms with E-state index >= 15 is 0 Å². The quantitative estimate of drug-likeness (QED) is 0.887. The van der Waals surface area contributed by atoms with Gasteiger partial charge < -0.3 is 14.7 Å². The van der Waals surface area contributed by atoms with E-state index in [9.17, 15) is 14.7 Å². The van der Waals surface area contributed by atoms with Gasteiger partial charge in [-0.15, -0.1) is 0 Å². The Morgan fingerprint density at radius 1 is 1.55 bits per heavy atom. The molecule has 2 aliphatic heterocycles. The third kappa shape index (κ3) is 2.49. The van der Waals surface area contributed by atoms with Crippen molar-refractivity contribution >= 4 is 11.9 Å². The zero-order chi connectivity index (χ0) is 15.9. The molecule has 3 rings (SSSR count). The molecule has 1 aromatic rings. The summed E-state index contributed by atoms with van der Waals surface area (Å²) in [5.41, 5.74) is 1.73. The third-order valence-corrected chi connectivity index (χ3v) is 4.82. The van der Waals surface area contributed by atoms with E-state index in [1.54, 1.807) is 15.8 Å². The van der Waals surface area contributed by atoms with Crippen LogP contribution in [0, 0.1) is 18.8 Å². The van der Waals surface area contributed by atoms with Crippen molar-refractivity contribution in [2.24, 2.45) is 18.9 Å². The van der Waals surface area contributed by atoms with Gasteiger partial charge in [-0.2, -0.15) is 5.10 Å². The van der Waals surface area contributed by atoms with Crippen molar-refractivity contribution in [1.82, 2.24) is 14.7 Å². The molecule has 2 fully saturated rings. The minimum Gasteiger partial charge on any atom is -0.481 e. The van der Waals surface area contributed by atoms with Gasteiger partial charge in [0, 0.05) is 43.8 Å². The minimum absolute atomic E-state index is 0.0575. The molecule has 2 aliphatic rings. The van der Waals surface area contributed by atoms with Crippen LogP contribution in [0.15, 0.2) is 6.20 Å². The number of ether oxygens (including phenoxy) is 1. The summed E-state index contributed by atoms with van der Waals surface area (Å²) in [6, 6.07) is -0.431. The lowest BCUT2D eigenvalue weighted by molar-refractivity contribution is -0.142. The Kier molecular flexibility index (Phi) is 3.90. The van der Waals surface area contributed by atoms with Gasteiger partial charge in [0.25, 0.3) is 0 Å². The fourth-order valence-corrected chi connectivity index (χ4v) is 3.42. The van der Waals surface area contributed by atoms with Crippen LogP contribution in [-0.2, 0) is 21.4 Å². The van der Waals surface area contributed by atoms with E-state index in [4.69, 9.17) is 4.74 Å². The number of likely N-dealkylation sites (tertiary alicyclic amines) is 1. The van der Waals surface area contributed by atoms with Crippen LogP contribution in [0.25, 0.3) is 0 Å². The van der Waals surface area contributed by atoms with Crippen molar-refractivity contribution in [2.75, 3.05) is 19.8 Å². The number of amides is 1. The van der Waals surface area contributed by atoms with Gasteiger partial charge in [-0.1, -0.05) is 0 Å². The van der Waals surface area contributed by atoms with Gasteiger partial charge >= 0.3 is 5.97 Å². The van der Waals surface area contributed by atoms with Gasteiger partial charge in [-0.25, -0.2) is 0 Å². The number of aryl methyl sites for hydroxylation is 1. The Morgan fingerprint density at radius 3 is 2.86 bits per heavy atom. The van der Waals surface area contributed by atoms with Gasteiger partial charge in [0.05, 0.1) is 24.8 Å². The molecule has 0 bridgehead atoms. The maximum atomic E-state index is 12.4. The highest BCUT2D eigenvalue weighted by atomic mass is 16.5. The molecule has 1 unspecified atom stereocenters. The lowest BCUT2D eigenvalue weighted by Crippen LogP contribution is -2.35. The topological polar surface area (TPSA) is 84.7 Å². The highest BCUT2D eigenvalue weighted by Crippen LogP contribution is 2.40. The van der Waals surface area contributed by atoms with Gasteiger partial charge in [-0.3, -0.25) is 14.3 Å². The number of hydrogen-bond donors (Lipinski definition) is 1. The molecule has 1 amide bonds. The number of aromatic nitrogens is 2. The number of carbonyl (C=O) groups is 2. The summed E-state index contributed by atoms with van der Waals surface area (Å²) in [5.74, 6) is -1.44. The maximum Gasteiger partial charge on any atom is 0.309 e. The first-order valence-electron chi connectivity index (χ1n) is 7.57. The second-order valence-corrected chi connectivity index (χ2v) is 6.18. The Morgan fingerprint density at radius 2 is 2.32 bits per heavy atom. The lowest BCUT2D eigenvalue weighted by Gasteiger charge is -2.28. The second kappa shape index (κ2) is 5.72. The van der Waals surface area contributed by atoms with Crippen LogP contribution in [0.2, 0.25) is 0 Å². The molecule has 1 aromatic heterocycles. The average molecular weight is 307 g/mol. The number of carboxylic acid groups (broad SMARTS) is 1. The minimum atomic E-state index is -0.924. The number of rotatable bonds is 4. The van der Waals surface area contributed by atoms with E-state index < -0.39 is 17.9 Å². The predicted molar refractivity (Wildman–Crippen MR) is 77.1 cm³/mol. The monoisotopic (exact) mass is 307 g/mol. The Labute approximate surface area is 128 Å². The zero-order valence-corrected chi connectivity index (χ0v) is 12.9. The molecule has 2 saturated heterocycles. The number of carbonyl (C=O) groups excluding carboxylic acids is 1. The summed E-state index contributed by atoms with van der Waals surface area (Å²) in [7, 11) is 1.82. The molecule has 3 heterocycles. The maximum absolute atomic E-state index is 12.4. The molecule has 1 N–H and O–H groups in total. The molecule has 0 aromatic carbocycles. The third-order valence-electron chi connectivity index (χ3n) is 4.82. The summed E-state index contributed by atoms with van der Waals surface area (Å²) in [6.45, 7) is 3.81. The van der Waals surface area contributed by atoms with Crippen LogP contribution in [0.3, 0.4) is 0 Å². The Hall–Kier alpha value is -1.89. The largest absolute Gasteiger partial charge is 0.481 e. The lowest BCUT2D eigenvalue weighted by atomic mass is 9.93. The van der Waals surface area contributed by atoms with Crippen LogP contribution < -0.4 is 0 Å². The van der Waals surface area contributed by atoms with Gasteiger partial charge in [-0.05, 0) is 13.3 Å². The molecular formula is C15H21N3O4. The van der Waals surface area contributed by atoms with Crippen LogP contribution in [0.1, 0.15) is 30.1 Å². The van der Waals surface area contributed by atoms with E-state index in [1.165, 1.54) is 0 Å². The van der Waals surface area contributed by atoms with E-state index in [2.05, 4.69) is 5.10 Å². The number of nitrogens with zero attached hydrogens (tertiary/aromatic N) is 3. The van der Waals surface area contributed by atoms with Crippen LogP contribution in [0.4, 0.5) is 0 Å². The molecular weight excluding hydrogens is 286 g/mol. The molecule has 0 saturated carbocycles. The molecule has 0 spiro atoms. The first kappa shape index (κ1) is 15.0. The first-order chi connectivity index (χ1) is 10.5. The fraction of sp³-hybridized carbons (Fsp3) is 0.667. The van der Waals surface area contributed by atoms with E-state index in [1.807, 2.05) is 14.0 Å². The molecule has 120 valence electrons. The van der Waals surface area contributed by atoms with Gasteiger partial charge in [0.15, 0.2) is 0 Å². The highest BCUT2D eigenvalue weighted by Gasteiger charge is 2.46. The average Bonchev–Trinajstić information content (AvgIpc) is 3.16. The van der Waals surface area contributed by atoms with E-state index in [-0.39, 0.29) is 18.2 Å². The van der Waals surface area contributed by atoms with Crippen molar-refractivity contribution in [3.8, 4) is 0 Å². The van der Waals surface area contributed by atoms with E-state index in [0.29, 0.717) is 19.8 Å². The number of carboxylic acids is 1. The van der Waals surface area contributed by atoms with Gasteiger partial charge in [0.2, 0.25) is 5.91 Å². The van der Waals surface area contributed by atoms with Crippen molar-refractivity contribution in [1.29, 1.82) is 0 Å². The second-order valence-electron chi connectivity index (χ2n) is 6.18. The summed E-state index contributed by atoms with van der Waals surface area (Å²) >= 11 is 0. The number of hydrogen-bond acceptors (Lipinski definition) is 4. The zero-order valence-electron chi connectivity index (χ0n) is 12.9. The molecule has 0 aliphatic carbocycles. The predicted octanol–water partition coefficient (Wildman–Crippen LogP) is 0.739. The normalized spacial score (nSPS) is 28.5. The highest BCUT2D eigenvalue weighted by molar-refractivity contribution is 5.87.